The quantitative estimate of drug-likeness (QED) is 0.781. The number of hydrogen-bond acceptors (Lipinski definition) is 5. The Balaban J connectivity index is 1.67. The van der Waals surface area contributed by atoms with E-state index in [9.17, 15) is 4.79 Å². The fourth-order valence-corrected chi connectivity index (χ4v) is 4.12. The second-order valence-electron chi connectivity index (χ2n) is 7.66. The summed E-state index contributed by atoms with van der Waals surface area (Å²) in [5.74, 6) is 1.60. The number of hydrogen-bond donors (Lipinski definition) is 2. The van der Waals surface area contributed by atoms with E-state index in [2.05, 4.69) is 10.3 Å². The predicted octanol–water partition coefficient (Wildman–Crippen LogP) is 4.19. The van der Waals surface area contributed by atoms with Crippen LogP contribution >= 0.6 is 0 Å². The standard InChI is InChI=1S/C24H27N3O3/c1-29-21-12-11-16(13-22(21)30-18-9-5-6-10-18)19-14-23(28)27-24(20(19)15-25)26-17-7-3-2-4-8-17/h2-4,7-8,11-13,15,18-19H,5-6,9-10,14,25H2,1H3,(H,26,27,28). The highest BCUT2D eigenvalue weighted by molar-refractivity contribution is 6.12. The van der Waals surface area contributed by atoms with Crippen molar-refractivity contribution >= 4 is 17.4 Å². The SMILES string of the molecule is COc1ccc(C2CC(=O)NC(=Nc3ccccc3)C2=CN)cc1OC1CCCC1. The topological polar surface area (TPSA) is 85.9 Å². The summed E-state index contributed by atoms with van der Waals surface area (Å²) in [6.07, 6.45) is 6.54. The number of nitrogens with two attached hydrogens (primary N) is 1. The molecule has 3 N–H and O–H groups in total. The lowest BCUT2D eigenvalue weighted by atomic mass is 9.85. The smallest absolute Gasteiger partial charge is 0.226 e. The lowest BCUT2D eigenvalue weighted by molar-refractivity contribution is -0.120. The Kier molecular flexibility index (Phi) is 6.02. The van der Waals surface area contributed by atoms with Crippen LogP contribution in [0.25, 0.3) is 0 Å². The van der Waals surface area contributed by atoms with Gasteiger partial charge in [0.05, 0.1) is 18.9 Å². The fraction of sp³-hybridized carbons (Fsp3) is 0.333. The van der Waals surface area contributed by atoms with E-state index >= 15 is 0 Å². The first-order chi connectivity index (χ1) is 14.7. The molecular formula is C24H27N3O3. The third kappa shape index (κ3) is 4.32. The number of nitrogens with one attached hydrogen (secondary N) is 1. The van der Waals surface area contributed by atoms with Crippen molar-refractivity contribution in [1.82, 2.24) is 5.32 Å². The normalized spacial score (nSPS) is 22.3. The minimum absolute atomic E-state index is 0.0886. The van der Waals surface area contributed by atoms with Gasteiger partial charge < -0.3 is 20.5 Å². The molecular weight excluding hydrogens is 378 g/mol. The number of amides is 1. The van der Waals surface area contributed by atoms with Crippen LogP contribution in [0.4, 0.5) is 5.69 Å². The van der Waals surface area contributed by atoms with Crippen molar-refractivity contribution < 1.29 is 14.3 Å². The van der Waals surface area contributed by atoms with Gasteiger partial charge in [0, 0.05) is 24.1 Å². The van der Waals surface area contributed by atoms with E-state index in [4.69, 9.17) is 15.2 Å². The van der Waals surface area contributed by atoms with Crippen LogP contribution in [-0.4, -0.2) is 25.0 Å². The average molecular weight is 405 g/mol. The Bertz CT molecular complexity index is 963. The summed E-state index contributed by atoms with van der Waals surface area (Å²) in [7, 11) is 1.64. The van der Waals surface area contributed by atoms with Crippen LogP contribution in [0.1, 0.15) is 43.6 Å². The van der Waals surface area contributed by atoms with Crippen molar-refractivity contribution in [1.29, 1.82) is 0 Å². The molecule has 1 atom stereocenters. The molecule has 1 unspecified atom stereocenters. The Labute approximate surface area is 176 Å². The molecule has 1 aliphatic carbocycles. The van der Waals surface area contributed by atoms with E-state index in [0.717, 1.165) is 29.7 Å². The Hall–Kier alpha value is -3.28. The van der Waals surface area contributed by atoms with Gasteiger partial charge in [0.2, 0.25) is 5.91 Å². The van der Waals surface area contributed by atoms with Gasteiger partial charge >= 0.3 is 0 Å². The minimum atomic E-state index is -0.206. The van der Waals surface area contributed by atoms with Gasteiger partial charge in [-0.2, -0.15) is 0 Å². The van der Waals surface area contributed by atoms with Gasteiger partial charge in [-0.05, 0) is 55.5 Å². The molecule has 6 nitrogen and oxygen atoms in total. The molecule has 1 saturated heterocycles. The van der Waals surface area contributed by atoms with Crippen molar-refractivity contribution in [3.8, 4) is 11.5 Å². The van der Waals surface area contributed by atoms with E-state index in [1.165, 1.54) is 19.0 Å². The predicted molar refractivity (Wildman–Crippen MR) is 117 cm³/mol. The van der Waals surface area contributed by atoms with E-state index < -0.39 is 0 Å². The molecule has 2 aromatic rings. The Morgan fingerprint density at radius 3 is 2.57 bits per heavy atom. The molecule has 6 heteroatoms. The summed E-state index contributed by atoms with van der Waals surface area (Å²) in [6, 6.07) is 15.4. The van der Waals surface area contributed by atoms with E-state index in [0.29, 0.717) is 23.8 Å². The fourth-order valence-electron chi connectivity index (χ4n) is 4.12. The Morgan fingerprint density at radius 2 is 1.87 bits per heavy atom. The van der Waals surface area contributed by atoms with Gasteiger partial charge in [-0.1, -0.05) is 24.3 Å². The van der Waals surface area contributed by atoms with E-state index in [1.807, 2.05) is 48.5 Å². The average Bonchev–Trinajstić information content (AvgIpc) is 3.27. The molecule has 0 radical (unpaired) electrons. The number of methoxy groups -OCH3 is 1. The number of nitrogens with zero attached hydrogens (tertiary/aromatic N) is 1. The first-order valence-corrected chi connectivity index (χ1v) is 10.4. The summed E-state index contributed by atoms with van der Waals surface area (Å²) in [5, 5.41) is 2.87. The van der Waals surface area contributed by atoms with Gasteiger partial charge in [0.15, 0.2) is 11.5 Å². The molecule has 1 heterocycles. The highest BCUT2D eigenvalue weighted by Gasteiger charge is 2.31. The molecule has 156 valence electrons. The zero-order valence-electron chi connectivity index (χ0n) is 17.1. The number of carbonyl (C=O) groups excluding carboxylic acids is 1. The number of ether oxygens (including phenoxy) is 2. The zero-order chi connectivity index (χ0) is 20.9. The molecule has 1 saturated carbocycles. The van der Waals surface area contributed by atoms with Crippen molar-refractivity contribution in [2.24, 2.45) is 10.7 Å². The van der Waals surface area contributed by atoms with Crippen molar-refractivity contribution in [2.45, 2.75) is 44.1 Å². The van der Waals surface area contributed by atoms with E-state index in [-0.39, 0.29) is 17.9 Å². The minimum Gasteiger partial charge on any atom is -0.493 e. The molecule has 0 aromatic heterocycles. The molecule has 1 aliphatic heterocycles. The van der Waals surface area contributed by atoms with Crippen molar-refractivity contribution in [2.75, 3.05) is 7.11 Å². The molecule has 2 fully saturated rings. The largest absolute Gasteiger partial charge is 0.493 e. The summed E-state index contributed by atoms with van der Waals surface area (Å²) in [6.45, 7) is 0. The number of benzene rings is 2. The molecule has 2 aromatic carbocycles. The molecule has 0 bridgehead atoms. The van der Waals surface area contributed by atoms with Gasteiger partial charge in [0.25, 0.3) is 0 Å². The number of amidine groups is 1. The van der Waals surface area contributed by atoms with Crippen LogP contribution in [0.5, 0.6) is 11.5 Å². The third-order valence-electron chi connectivity index (χ3n) is 5.66. The lowest BCUT2D eigenvalue weighted by Crippen LogP contribution is -2.40. The van der Waals surface area contributed by atoms with E-state index in [1.54, 1.807) is 7.11 Å². The maximum Gasteiger partial charge on any atom is 0.226 e. The lowest BCUT2D eigenvalue weighted by Gasteiger charge is -2.28. The number of carbonyl (C=O) groups is 1. The number of para-hydroxylation sites is 1. The van der Waals surface area contributed by atoms with Crippen molar-refractivity contribution in [3.63, 3.8) is 0 Å². The summed E-state index contributed by atoms with van der Waals surface area (Å²) in [5.41, 5.74) is 8.50. The molecule has 4 rings (SSSR count). The number of piperidine rings is 1. The zero-order valence-corrected chi connectivity index (χ0v) is 17.1. The third-order valence-corrected chi connectivity index (χ3v) is 5.66. The van der Waals surface area contributed by atoms with Crippen LogP contribution in [0.2, 0.25) is 0 Å². The molecule has 30 heavy (non-hydrogen) atoms. The first kappa shape index (κ1) is 20.0. The number of rotatable bonds is 5. The summed E-state index contributed by atoms with van der Waals surface area (Å²) >= 11 is 0. The second kappa shape index (κ2) is 9.03. The van der Waals surface area contributed by atoms with Crippen LogP contribution in [0.3, 0.4) is 0 Å². The maximum absolute atomic E-state index is 12.5. The molecule has 1 amide bonds. The summed E-state index contributed by atoms with van der Waals surface area (Å²) < 4.78 is 11.7. The first-order valence-electron chi connectivity index (χ1n) is 10.4. The second-order valence-corrected chi connectivity index (χ2v) is 7.66. The molecule has 2 aliphatic rings. The Morgan fingerprint density at radius 1 is 1.10 bits per heavy atom. The summed E-state index contributed by atoms with van der Waals surface area (Å²) in [4.78, 5) is 17.1. The van der Waals surface area contributed by atoms with Crippen LogP contribution in [-0.2, 0) is 4.79 Å². The highest BCUT2D eigenvalue weighted by atomic mass is 16.5. The van der Waals surface area contributed by atoms with Gasteiger partial charge in [-0.25, -0.2) is 4.99 Å². The van der Waals surface area contributed by atoms with Gasteiger partial charge in [0.1, 0.15) is 5.84 Å². The van der Waals surface area contributed by atoms with Crippen molar-refractivity contribution in [3.05, 3.63) is 65.9 Å². The van der Waals surface area contributed by atoms with Crippen LogP contribution in [0.15, 0.2) is 65.3 Å². The van der Waals surface area contributed by atoms with Gasteiger partial charge in [-0.15, -0.1) is 0 Å². The van der Waals surface area contributed by atoms with Crippen LogP contribution in [0, 0.1) is 0 Å². The maximum atomic E-state index is 12.5. The molecule has 0 spiro atoms. The van der Waals surface area contributed by atoms with Gasteiger partial charge in [-0.3, -0.25) is 4.79 Å². The monoisotopic (exact) mass is 405 g/mol. The highest BCUT2D eigenvalue weighted by Crippen LogP contribution is 2.38. The number of aliphatic imine (C=N–C) groups is 1. The van der Waals surface area contributed by atoms with Crippen LogP contribution < -0.4 is 20.5 Å².